The number of carboxylic acid groups (broad SMARTS) is 1. The van der Waals surface area contributed by atoms with E-state index in [0.29, 0.717) is 0 Å². The van der Waals surface area contributed by atoms with Crippen LogP contribution >= 0.6 is 0 Å². The molecule has 0 fully saturated rings. The standard InChI is InChI=1S/C10H6F6O3/c11-9(12,13)6-3-1-5(2-4-6)8(19,7(17)18)10(14,15)16/h1-4,19H,(H,17,18). The summed E-state index contributed by atoms with van der Waals surface area (Å²) in [6.45, 7) is 0. The molecule has 0 radical (unpaired) electrons. The summed E-state index contributed by atoms with van der Waals surface area (Å²) < 4.78 is 74.2. The van der Waals surface area contributed by atoms with Gasteiger partial charge in [-0.05, 0) is 12.1 Å². The minimum atomic E-state index is -5.57. The lowest BCUT2D eigenvalue weighted by molar-refractivity contribution is -0.265. The van der Waals surface area contributed by atoms with Gasteiger partial charge in [-0.25, -0.2) is 4.79 Å². The lowest BCUT2D eigenvalue weighted by atomic mass is 9.92. The lowest BCUT2D eigenvalue weighted by Gasteiger charge is -2.26. The van der Waals surface area contributed by atoms with Crippen molar-refractivity contribution in [1.82, 2.24) is 0 Å². The van der Waals surface area contributed by atoms with Gasteiger partial charge in [-0.15, -0.1) is 0 Å². The van der Waals surface area contributed by atoms with Crippen LogP contribution < -0.4 is 0 Å². The van der Waals surface area contributed by atoms with Crippen molar-refractivity contribution in [2.45, 2.75) is 18.0 Å². The van der Waals surface area contributed by atoms with E-state index in [9.17, 15) is 36.2 Å². The maximum atomic E-state index is 12.5. The van der Waals surface area contributed by atoms with Crippen molar-refractivity contribution in [3.8, 4) is 0 Å². The second-order valence-corrected chi connectivity index (χ2v) is 3.59. The molecule has 0 spiro atoms. The lowest BCUT2D eigenvalue weighted by Crippen LogP contribution is -2.49. The summed E-state index contributed by atoms with van der Waals surface area (Å²) in [5, 5.41) is 17.6. The number of carboxylic acids is 1. The van der Waals surface area contributed by atoms with E-state index in [1.165, 1.54) is 0 Å². The van der Waals surface area contributed by atoms with Crippen LogP contribution in [0.15, 0.2) is 24.3 Å². The Kier molecular flexibility index (Phi) is 3.55. The highest BCUT2D eigenvalue weighted by Gasteiger charge is 2.61. The third kappa shape index (κ3) is 2.65. The van der Waals surface area contributed by atoms with E-state index in [4.69, 9.17) is 5.11 Å². The number of rotatable bonds is 2. The predicted molar refractivity (Wildman–Crippen MR) is 49.0 cm³/mol. The molecule has 1 aromatic rings. The van der Waals surface area contributed by atoms with Gasteiger partial charge >= 0.3 is 18.3 Å². The molecule has 2 N–H and O–H groups in total. The molecule has 0 aliphatic heterocycles. The fraction of sp³-hybridized carbons (Fsp3) is 0.300. The Morgan fingerprint density at radius 1 is 0.895 bits per heavy atom. The van der Waals surface area contributed by atoms with Gasteiger partial charge < -0.3 is 10.2 Å². The van der Waals surface area contributed by atoms with Crippen molar-refractivity contribution in [2.24, 2.45) is 0 Å². The summed E-state index contributed by atoms with van der Waals surface area (Å²) in [7, 11) is 0. The number of aliphatic carboxylic acids is 1. The summed E-state index contributed by atoms with van der Waals surface area (Å²) in [5.41, 5.74) is -6.72. The summed E-state index contributed by atoms with van der Waals surface area (Å²) in [6.07, 6.45) is -10.4. The topological polar surface area (TPSA) is 57.5 Å². The second-order valence-electron chi connectivity index (χ2n) is 3.59. The number of hydrogen-bond acceptors (Lipinski definition) is 2. The van der Waals surface area contributed by atoms with Crippen LogP contribution in [0.5, 0.6) is 0 Å². The van der Waals surface area contributed by atoms with Crippen LogP contribution in [0, 0.1) is 0 Å². The van der Waals surface area contributed by atoms with E-state index in [1.54, 1.807) is 0 Å². The van der Waals surface area contributed by atoms with Crippen LogP contribution in [-0.4, -0.2) is 22.4 Å². The average molecular weight is 288 g/mol. The van der Waals surface area contributed by atoms with E-state index < -0.39 is 35.0 Å². The Balaban J connectivity index is 3.32. The minimum Gasteiger partial charge on any atom is -0.479 e. The monoisotopic (exact) mass is 288 g/mol. The highest BCUT2D eigenvalue weighted by atomic mass is 19.4. The first-order valence-electron chi connectivity index (χ1n) is 4.61. The molecule has 1 atom stereocenters. The van der Waals surface area contributed by atoms with Gasteiger partial charge in [0.2, 0.25) is 0 Å². The molecule has 9 heteroatoms. The SMILES string of the molecule is O=C(O)C(O)(c1ccc(C(F)(F)F)cc1)C(F)(F)F. The number of aliphatic hydroxyl groups is 1. The molecule has 0 heterocycles. The normalized spacial score (nSPS) is 15.9. The molecule has 0 bridgehead atoms. The van der Waals surface area contributed by atoms with Crippen molar-refractivity contribution >= 4 is 5.97 Å². The van der Waals surface area contributed by atoms with Gasteiger partial charge in [0.1, 0.15) is 0 Å². The maximum absolute atomic E-state index is 12.5. The number of alkyl halides is 6. The smallest absolute Gasteiger partial charge is 0.432 e. The predicted octanol–water partition coefficient (Wildman–Crippen LogP) is 2.54. The van der Waals surface area contributed by atoms with E-state index >= 15 is 0 Å². The number of benzene rings is 1. The van der Waals surface area contributed by atoms with E-state index in [2.05, 4.69) is 0 Å². The molecular formula is C10H6F6O3. The van der Waals surface area contributed by atoms with E-state index in [0.717, 1.165) is 0 Å². The molecule has 1 rings (SSSR count). The summed E-state index contributed by atoms with van der Waals surface area (Å²) in [4.78, 5) is 10.6. The van der Waals surface area contributed by atoms with Gasteiger partial charge in [-0.3, -0.25) is 0 Å². The summed E-state index contributed by atoms with van der Waals surface area (Å²) in [6, 6.07) is 1.05. The van der Waals surface area contributed by atoms with Gasteiger partial charge in [0.25, 0.3) is 5.60 Å². The summed E-state index contributed by atoms with van der Waals surface area (Å²) in [5.74, 6) is -2.63. The van der Waals surface area contributed by atoms with Crippen LogP contribution in [0.25, 0.3) is 0 Å². The number of carbonyl (C=O) groups is 1. The molecule has 0 aliphatic carbocycles. The van der Waals surface area contributed by atoms with Crippen molar-refractivity contribution < 1.29 is 41.4 Å². The molecule has 0 aliphatic rings. The molecule has 19 heavy (non-hydrogen) atoms. The highest BCUT2D eigenvalue weighted by molar-refractivity contribution is 5.80. The zero-order chi connectivity index (χ0) is 15.1. The number of halogens is 6. The first kappa shape index (κ1) is 15.3. The zero-order valence-corrected chi connectivity index (χ0v) is 8.88. The molecule has 1 aromatic carbocycles. The fourth-order valence-corrected chi connectivity index (χ4v) is 1.31. The van der Waals surface area contributed by atoms with E-state index in [-0.39, 0.29) is 24.3 Å². The summed E-state index contributed by atoms with van der Waals surface area (Å²) >= 11 is 0. The molecule has 0 saturated heterocycles. The Bertz CT molecular complexity index is 476. The second kappa shape index (κ2) is 4.41. The molecule has 1 unspecified atom stereocenters. The fourth-order valence-electron chi connectivity index (χ4n) is 1.31. The Labute approximate surface area is 102 Å². The Hall–Kier alpha value is -1.77. The van der Waals surface area contributed by atoms with Crippen molar-refractivity contribution in [3.05, 3.63) is 35.4 Å². The molecule has 0 saturated carbocycles. The van der Waals surface area contributed by atoms with Crippen LogP contribution in [0.4, 0.5) is 26.3 Å². The molecular weight excluding hydrogens is 282 g/mol. The highest BCUT2D eigenvalue weighted by Crippen LogP contribution is 2.40. The zero-order valence-electron chi connectivity index (χ0n) is 8.88. The van der Waals surface area contributed by atoms with Crippen molar-refractivity contribution in [1.29, 1.82) is 0 Å². The molecule has 0 aromatic heterocycles. The van der Waals surface area contributed by atoms with Crippen molar-refractivity contribution in [2.75, 3.05) is 0 Å². The van der Waals surface area contributed by atoms with Gasteiger partial charge in [-0.2, -0.15) is 26.3 Å². The Morgan fingerprint density at radius 3 is 1.53 bits per heavy atom. The van der Waals surface area contributed by atoms with Crippen LogP contribution in [0.2, 0.25) is 0 Å². The Morgan fingerprint density at radius 2 is 1.26 bits per heavy atom. The largest absolute Gasteiger partial charge is 0.479 e. The quantitative estimate of drug-likeness (QED) is 0.822. The average Bonchev–Trinajstić information content (AvgIpc) is 2.25. The number of hydrogen-bond donors (Lipinski definition) is 2. The van der Waals surface area contributed by atoms with Gasteiger partial charge in [0.15, 0.2) is 0 Å². The third-order valence-electron chi connectivity index (χ3n) is 2.35. The maximum Gasteiger partial charge on any atom is 0.432 e. The van der Waals surface area contributed by atoms with Gasteiger partial charge in [0.05, 0.1) is 5.56 Å². The van der Waals surface area contributed by atoms with E-state index in [1.807, 2.05) is 0 Å². The van der Waals surface area contributed by atoms with Gasteiger partial charge in [0, 0.05) is 5.56 Å². The van der Waals surface area contributed by atoms with Crippen LogP contribution in [0.3, 0.4) is 0 Å². The van der Waals surface area contributed by atoms with Crippen molar-refractivity contribution in [3.63, 3.8) is 0 Å². The third-order valence-corrected chi connectivity index (χ3v) is 2.35. The van der Waals surface area contributed by atoms with Crippen LogP contribution in [0.1, 0.15) is 11.1 Å². The van der Waals surface area contributed by atoms with Gasteiger partial charge in [-0.1, -0.05) is 12.1 Å². The molecule has 0 amide bonds. The first-order valence-corrected chi connectivity index (χ1v) is 4.61. The first-order chi connectivity index (χ1) is 8.40. The van der Waals surface area contributed by atoms with Crippen LogP contribution in [-0.2, 0) is 16.6 Å². The molecule has 106 valence electrons. The minimum absolute atomic E-state index is 0.259. The molecule has 3 nitrogen and oxygen atoms in total.